The summed E-state index contributed by atoms with van der Waals surface area (Å²) in [6.07, 6.45) is 0.655. The summed E-state index contributed by atoms with van der Waals surface area (Å²) in [5.74, 6) is -0.340. The molecule has 0 saturated carbocycles. The van der Waals surface area contributed by atoms with E-state index in [1.165, 1.54) is 10.5 Å². The normalized spacial score (nSPS) is 18.3. The average molecular weight is 400 g/mol. The second kappa shape index (κ2) is 9.55. The molecule has 158 valence electrons. The highest BCUT2D eigenvalue weighted by Crippen LogP contribution is 2.33. The summed E-state index contributed by atoms with van der Waals surface area (Å²) in [4.78, 5) is 32.5. The van der Waals surface area contributed by atoms with Crippen LogP contribution in [-0.4, -0.2) is 79.0 Å². The third-order valence-corrected chi connectivity index (χ3v) is 5.95. The van der Waals surface area contributed by atoms with Crippen molar-refractivity contribution < 1.29 is 14.3 Å². The zero-order chi connectivity index (χ0) is 21.0. The molecule has 1 aromatic carbocycles. The van der Waals surface area contributed by atoms with Gasteiger partial charge in [0.25, 0.3) is 11.8 Å². The molecule has 0 aliphatic carbocycles. The first-order chi connectivity index (χ1) is 14.0. The molecule has 6 heteroatoms. The van der Waals surface area contributed by atoms with Crippen molar-refractivity contribution in [3.8, 4) is 0 Å². The molecule has 29 heavy (non-hydrogen) atoms. The lowest BCUT2D eigenvalue weighted by Crippen LogP contribution is -2.47. The molecule has 0 N–H and O–H groups in total. The van der Waals surface area contributed by atoms with E-state index in [-0.39, 0.29) is 11.8 Å². The molecule has 1 fully saturated rings. The zero-order valence-corrected chi connectivity index (χ0v) is 18.2. The Labute approximate surface area is 174 Å². The van der Waals surface area contributed by atoms with Crippen molar-refractivity contribution in [2.24, 2.45) is 0 Å². The molecule has 2 amide bonds. The number of hydrogen-bond acceptors (Lipinski definition) is 5. The van der Waals surface area contributed by atoms with Crippen molar-refractivity contribution in [2.45, 2.75) is 34.1 Å². The quantitative estimate of drug-likeness (QED) is 0.496. The van der Waals surface area contributed by atoms with Crippen molar-refractivity contribution in [1.29, 1.82) is 0 Å². The van der Waals surface area contributed by atoms with Crippen molar-refractivity contribution in [1.82, 2.24) is 14.7 Å². The highest BCUT2D eigenvalue weighted by Gasteiger charge is 2.41. The van der Waals surface area contributed by atoms with E-state index in [9.17, 15) is 9.59 Å². The molecule has 0 bridgehead atoms. The minimum Gasteiger partial charge on any atom is -0.382 e. The van der Waals surface area contributed by atoms with E-state index in [2.05, 4.69) is 23.6 Å². The van der Waals surface area contributed by atoms with E-state index in [4.69, 9.17) is 4.74 Å². The maximum absolute atomic E-state index is 13.3. The van der Waals surface area contributed by atoms with Crippen LogP contribution in [0.3, 0.4) is 0 Å². The van der Waals surface area contributed by atoms with Gasteiger partial charge in [-0.15, -0.1) is 0 Å². The molecule has 2 aliphatic rings. The van der Waals surface area contributed by atoms with E-state index in [0.717, 1.165) is 43.9 Å². The van der Waals surface area contributed by atoms with Gasteiger partial charge in [0, 0.05) is 45.9 Å². The molecule has 0 aromatic heterocycles. The van der Waals surface area contributed by atoms with Gasteiger partial charge in [-0.2, -0.15) is 0 Å². The van der Waals surface area contributed by atoms with Crippen molar-refractivity contribution in [3.63, 3.8) is 0 Å². The summed E-state index contributed by atoms with van der Waals surface area (Å²) < 4.78 is 5.39. The van der Waals surface area contributed by atoms with Gasteiger partial charge in [-0.25, -0.2) is 0 Å². The van der Waals surface area contributed by atoms with Crippen LogP contribution in [0.5, 0.6) is 0 Å². The fourth-order valence-electron chi connectivity index (χ4n) is 3.97. The first-order valence-electron chi connectivity index (χ1n) is 10.7. The van der Waals surface area contributed by atoms with Crippen LogP contribution < -0.4 is 0 Å². The van der Waals surface area contributed by atoms with E-state index >= 15 is 0 Å². The highest BCUT2D eigenvalue weighted by atomic mass is 16.5. The number of ether oxygens (including phenoxy) is 1. The number of aryl methyl sites for hydroxylation is 2. The predicted octanol–water partition coefficient (Wildman–Crippen LogP) is 2.45. The Morgan fingerprint density at radius 1 is 0.966 bits per heavy atom. The third kappa shape index (κ3) is 4.54. The number of carbonyl (C=O) groups is 2. The molecule has 1 saturated heterocycles. The maximum atomic E-state index is 13.3. The van der Waals surface area contributed by atoms with Crippen molar-refractivity contribution in [3.05, 3.63) is 40.6 Å². The van der Waals surface area contributed by atoms with E-state index in [0.29, 0.717) is 37.4 Å². The Balaban J connectivity index is 1.92. The molecule has 0 unspecified atom stereocenters. The molecule has 2 heterocycles. The van der Waals surface area contributed by atoms with Gasteiger partial charge in [-0.1, -0.05) is 25.1 Å². The number of imide groups is 1. The Hall–Kier alpha value is -2.18. The van der Waals surface area contributed by atoms with Gasteiger partial charge in [0.2, 0.25) is 0 Å². The van der Waals surface area contributed by atoms with Crippen LogP contribution in [0.2, 0.25) is 0 Å². The molecule has 2 aliphatic heterocycles. The second-order valence-corrected chi connectivity index (χ2v) is 7.76. The fraction of sp³-hybridized carbons (Fsp3) is 0.565. The van der Waals surface area contributed by atoms with Crippen LogP contribution >= 0.6 is 0 Å². The number of rotatable bonds is 8. The van der Waals surface area contributed by atoms with Gasteiger partial charge in [0.15, 0.2) is 0 Å². The Morgan fingerprint density at radius 2 is 1.69 bits per heavy atom. The topological polar surface area (TPSA) is 53.1 Å². The fourth-order valence-corrected chi connectivity index (χ4v) is 3.97. The molecular weight excluding hydrogens is 366 g/mol. The van der Waals surface area contributed by atoms with Gasteiger partial charge in [0.05, 0.1) is 5.57 Å². The first-order valence-corrected chi connectivity index (χ1v) is 10.7. The molecule has 0 radical (unpaired) electrons. The summed E-state index contributed by atoms with van der Waals surface area (Å²) in [7, 11) is 0. The van der Waals surface area contributed by atoms with E-state index in [1.54, 1.807) is 0 Å². The lowest BCUT2D eigenvalue weighted by molar-refractivity contribution is -0.137. The number of amides is 2. The Bertz CT molecular complexity index is 795. The number of nitrogens with zero attached hydrogens (tertiary/aromatic N) is 3. The van der Waals surface area contributed by atoms with Crippen LogP contribution in [-0.2, 0) is 14.3 Å². The molecule has 0 spiro atoms. The van der Waals surface area contributed by atoms with Gasteiger partial charge in [-0.05, 0) is 50.4 Å². The molecule has 1 aromatic rings. The Kier molecular flexibility index (Phi) is 7.09. The zero-order valence-electron chi connectivity index (χ0n) is 18.2. The van der Waals surface area contributed by atoms with Gasteiger partial charge < -0.3 is 14.5 Å². The number of carbonyl (C=O) groups excluding carboxylic acids is 2. The summed E-state index contributed by atoms with van der Waals surface area (Å²) in [6, 6.07) is 6.02. The van der Waals surface area contributed by atoms with E-state index in [1.807, 2.05) is 32.0 Å². The van der Waals surface area contributed by atoms with Crippen LogP contribution in [0.1, 0.15) is 37.0 Å². The van der Waals surface area contributed by atoms with E-state index < -0.39 is 0 Å². The van der Waals surface area contributed by atoms with Crippen molar-refractivity contribution in [2.75, 3.05) is 52.5 Å². The molecule has 3 rings (SSSR count). The minimum absolute atomic E-state index is 0.162. The first kappa shape index (κ1) is 21.5. The monoisotopic (exact) mass is 399 g/mol. The van der Waals surface area contributed by atoms with Crippen molar-refractivity contribution >= 4 is 17.4 Å². The van der Waals surface area contributed by atoms with Gasteiger partial charge in [-0.3, -0.25) is 14.5 Å². The standard InChI is InChI=1S/C23H33N3O3/c1-5-24-11-13-25(14-12-24)21-20(19-9-8-17(3)18(4)16-19)22(27)26(23(21)28)10-7-15-29-6-2/h8-9,16H,5-7,10-15H2,1-4H3. The SMILES string of the molecule is CCOCCCN1C(=O)C(c2ccc(C)c(C)c2)=C(N2CCN(CC)CC2)C1=O. The number of piperazine rings is 1. The number of hydrogen-bond donors (Lipinski definition) is 0. The summed E-state index contributed by atoms with van der Waals surface area (Å²) >= 11 is 0. The van der Waals surface area contributed by atoms with Crippen LogP contribution in [0, 0.1) is 13.8 Å². The molecule has 0 atom stereocenters. The lowest BCUT2D eigenvalue weighted by Gasteiger charge is -2.36. The molecule has 6 nitrogen and oxygen atoms in total. The van der Waals surface area contributed by atoms with Crippen LogP contribution in [0.4, 0.5) is 0 Å². The lowest BCUT2D eigenvalue weighted by atomic mass is 9.99. The third-order valence-electron chi connectivity index (χ3n) is 5.95. The van der Waals surface area contributed by atoms with Crippen LogP contribution in [0.15, 0.2) is 23.9 Å². The highest BCUT2D eigenvalue weighted by molar-refractivity contribution is 6.35. The summed E-state index contributed by atoms with van der Waals surface area (Å²) in [5.41, 5.74) is 4.27. The predicted molar refractivity (Wildman–Crippen MR) is 114 cm³/mol. The summed E-state index contributed by atoms with van der Waals surface area (Å²) in [6.45, 7) is 14.1. The Morgan fingerprint density at radius 3 is 2.31 bits per heavy atom. The van der Waals surface area contributed by atoms with Gasteiger partial charge >= 0.3 is 0 Å². The summed E-state index contributed by atoms with van der Waals surface area (Å²) in [5, 5.41) is 0. The smallest absolute Gasteiger partial charge is 0.277 e. The largest absolute Gasteiger partial charge is 0.382 e. The number of benzene rings is 1. The number of likely N-dealkylation sites (N-methyl/N-ethyl adjacent to an activating group) is 1. The maximum Gasteiger partial charge on any atom is 0.277 e. The second-order valence-electron chi connectivity index (χ2n) is 7.76. The van der Waals surface area contributed by atoms with Gasteiger partial charge in [0.1, 0.15) is 5.70 Å². The average Bonchev–Trinajstić information content (AvgIpc) is 2.97. The molecular formula is C23H33N3O3. The van der Waals surface area contributed by atoms with Crippen LogP contribution in [0.25, 0.3) is 5.57 Å². The minimum atomic E-state index is -0.178.